The van der Waals surface area contributed by atoms with Crippen LogP contribution in [-0.4, -0.2) is 35.3 Å². The molecule has 1 saturated carbocycles. The highest BCUT2D eigenvalue weighted by molar-refractivity contribution is 5.82. The summed E-state index contributed by atoms with van der Waals surface area (Å²) >= 11 is 0. The van der Waals surface area contributed by atoms with E-state index < -0.39 is 0 Å². The van der Waals surface area contributed by atoms with Crippen LogP contribution in [0.4, 0.5) is 0 Å². The lowest BCUT2D eigenvalue weighted by Crippen LogP contribution is -2.37. The summed E-state index contributed by atoms with van der Waals surface area (Å²) in [5, 5.41) is 3.01. The van der Waals surface area contributed by atoms with Crippen LogP contribution in [0.1, 0.15) is 36.8 Å². The number of amides is 2. The fraction of sp³-hybridized carbons (Fsp3) is 0.529. The maximum atomic E-state index is 12.0. The van der Waals surface area contributed by atoms with Gasteiger partial charge in [-0.25, -0.2) is 0 Å². The number of nitrogens with one attached hydrogen (secondary N) is 1. The van der Waals surface area contributed by atoms with Crippen molar-refractivity contribution >= 4 is 11.8 Å². The lowest BCUT2D eigenvalue weighted by Gasteiger charge is -2.16. The molecule has 1 aliphatic carbocycles. The molecule has 0 bridgehead atoms. The molecule has 1 saturated heterocycles. The predicted octanol–water partition coefficient (Wildman–Crippen LogP) is 1.81. The van der Waals surface area contributed by atoms with Gasteiger partial charge in [-0.05, 0) is 31.7 Å². The first-order valence-electron chi connectivity index (χ1n) is 7.76. The van der Waals surface area contributed by atoms with Crippen molar-refractivity contribution in [3.63, 3.8) is 0 Å². The Kier molecular flexibility index (Phi) is 3.95. The molecule has 2 aliphatic rings. The lowest BCUT2D eigenvalue weighted by atomic mass is 10.1. The Balaban J connectivity index is 1.45. The molecular formula is C17H22N2O2. The molecule has 0 radical (unpaired) electrons. The summed E-state index contributed by atoms with van der Waals surface area (Å²) < 4.78 is 0. The van der Waals surface area contributed by atoms with Crippen molar-refractivity contribution < 1.29 is 9.59 Å². The van der Waals surface area contributed by atoms with Crippen LogP contribution in [0.25, 0.3) is 0 Å². The van der Waals surface area contributed by atoms with Crippen LogP contribution in [0.5, 0.6) is 0 Å². The molecule has 1 N–H and O–H groups in total. The monoisotopic (exact) mass is 286 g/mol. The number of aryl methyl sites for hydroxylation is 2. The zero-order valence-corrected chi connectivity index (χ0v) is 12.5. The van der Waals surface area contributed by atoms with Crippen LogP contribution in [0, 0.1) is 6.92 Å². The average molecular weight is 286 g/mol. The van der Waals surface area contributed by atoms with Crippen molar-refractivity contribution in [3.8, 4) is 0 Å². The van der Waals surface area contributed by atoms with Gasteiger partial charge in [0, 0.05) is 25.4 Å². The highest BCUT2D eigenvalue weighted by Gasteiger charge is 2.39. The second kappa shape index (κ2) is 5.88. The molecule has 1 atom stereocenters. The first-order valence-corrected chi connectivity index (χ1v) is 7.76. The Morgan fingerprint density at radius 2 is 2.19 bits per heavy atom. The maximum Gasteiger partial charge on any atom is 0.225 e. The first-order chi connectivity index (χ1) is 10.1. The SMILES string of the molecule is Cc1cccc(CCC(=O)NC2CC(=O)N(C3CC3)C2)c1. The maximum absolute atomic E-state index is 12.0. The summed E-state index contributed by atoms with van der Waals surface area (Å²) in [6, 6.07) is 8.69. The Morgan fingerprint density at radius 3 is 2.90 bits per heavy atom. The number of likely N-dealkylation sites (tertiary alicyclic amines) is 1. The van der Waals surface area contributed by atoms with Crippen molar-refractivity contribution in [3.05, 3.63) is 35.4 Å². The number of hydrogen-bond acceptors (Lipinski definition) is 2. The number of benzene rings is 1. The molecule has 1 aromatic rings. The van der Waals surface area contributed by atoms with E-state index in [1.165, 1.54) is 11.1 Å². The van der Waals surface area contributed by atoms with E-state index in [1.54, 1.807) is 0 Å². The van der Waals surface area contributed by atoms with Crippen LogP contribution in [0.2, 0.25) is 0 Å². The van der Waals surface area contributed by atoms with Gasteiger partial charge in [-0.15, -0.1) is 0 Å². The Bertz CT molecular complexity index is 551. The predicted molar refractivity (Wildman–Crippen MR) is 80.8 cm³/mol. The van der Waals surface area contributed by atoms with E-state index in [1.807, 2.05) is 17.0 Å². The largest absolute Gasteiger partial charge is 0.351 e. The first kappa shape index (κ1) is 14.1. The quantitative estimate of drug-likeness (QED) is 0.897. The number of carbonyl (C=O) groups excluding carboxylic acids is 2. The van der Waals surface area contributed by atoms with Gasteiger partial charge in [-0.3, -0.25) is 9.59 Å². The van der Waals surface area contributed by atoms with E-state index in [9.17, 15) is 9.59 Å². The molecule has 2 fully saturated rings. The fourth-order valence-electron chi connectivity index (χ4n) is 2.99. The minimum absolute atomic E-state index is 0.00288. The number of carbonyl (C=O) groups is 2. The van der Waals surface area contributed by atoms with Gasteiger partial charge in [0.05, 0.1) is 6.04 Å². The molecule has 1 unspecified atom stereocenters. The number of rotatable bonds is 5. The van der Waals surface area contributed by atoms with Crippen LogP contribution in [0.3, 0.4) is 0 Å². The highest BCUT2D eigenvalue weighted by Crippen LogP contribution is 2.30. The average Bonchev–Trinajstić information content (AvgIpc) is 3.21. The summed E-state index contributed by atoms with van der Waals surface area (Å²) in [4.78, 5) is 25.8. The van der Waals surface area contributed by atoms with Crippen LogP contribution >= 0.6 is 0 Å². The molecule has 4 nitrogen and oxygen atoms in total. The van der Waals surface area contributed by atoms with Crippen molar-refractivity contribution in [2.45, 2.75) is 51.1 Å². The molecule has 1 aliphatic heterocycles. The summed E-state index contributed by atoms with van der Waals surface area (Å²) in [5.74, 6) is 0.244. The van der Waals surface area contributed by atoms with Gasteiger partial charge in [0.1, 0.15) is 0 Å². The number of hydrogen-bond donors (Lipinski definition) is 1. The van der Waals surface area contributed by atoms with E-state index >= 15 is 0 Å². The minimum Gasteiger partial charge on any atom is -0.351 e. The van der Waals surface area contributed by atoms with Crippen molar-refractivity contribution in [1.82, 2.24) is 10.2 Å². The smallest absolute Gasteiger partial charge is 0.225 e. The van der Waals surface area contributed by atoms with E-state index in [2.05, 4.69) is 24.4 Å². The molecule has 4 heteroatoms. The zero-order valence-electron chi connectivity index (χ0n) is 12.5. The molecule has 21 heavy (non-hydrogen) atoms. The van der Waals surface area contributed by atoms with Gasteiger partial charge in [0.25, 0.3) is 0 Å². The van der Waals surface area contributed by atoms with E-state index in [-0.39, 0.29) is 17.9 Å². The Hall–Kier alpha value is -1.84. The normalized spacial score (nSPS) is 21.7. The summed E-state index contributed by atoms with van der Waals surface area (Å²) in [5.41, 5.74) is 2.40. The summed E-state index contributed by atoms with van der Waals surface area (Å²) in [6.07, 6.45) is 3.95. The topological polar surface area (TPSA) is 49.4 Å². The summed E-state index contributed by atoms with van der Waals surface area (Å²) in [7, 11) is 0. The van der Waals surface area contributed by atoms with Crippen molar-refractivity contribution in [2.24, 2.45) is 0 Å². The van der Waals surface area contributed by atoms with Crippen molar-refractivity contribution in [1.29, 1.82) is 0 Å². The Labute approximate surface area is 125 Å². The van der Waals surface area contributed by atoms with Crippen LogP contribution < -0.4 is 5.32 Å². The molecular weight excluding hydrogens is 264 g/mol. The van der Waals surface area contributed by atoms with Gasteiger partial charge in [-0.1, -0.05) is 29.8 Å². The van der Waals surface area contributed by atoms with Crippen LogP contribution in [-0.2, 0) is 16.0 Å². The molecule has 3 rings (SSSR count). The second-order valence-electron chi connectivity index (χ2n) is 6.23. The minimum atomic E-state index is 0.00288. The van der Waals surface area contributed by atoms with Gasteiger partial charge in [0.15, 0.2) is 0 Å². The van der Waals surface area contributed by atoms with Crippen molar-refractivity contribution in [2.75, 3.05) is 6.54 Å². The highest BCUT2D eigenvalue weighted by atomic mass is 16.2. The number of nitrogens with zero attached hydrogens (tertiary/aromatic N) is 1. The van der Waals surface area contributed by atoms with Gasteiger partial charge in [0.2, 0.25) is 11.8 Å². The van der Waals surface area contributed by atoms with E-state index in [4.69, 9.17) is 0 Å². The lowest BCUT2D eigenvalue weighted by molar-refractivity contribution is -0.128. The third-order valence-corrected chi connectivity index (χ3v) is 4.23. The van der Waals surface area contributed by atoms with Gasteiger partial charge >= 0.3 is 0 Å². The zero-order chi connectivity index (χ0) is 14.8. The molecule has 2 amide bonds. The van der Waals surface area contributed by atoms with Gasteiger partial charge in [-0.2, -0.15) is 0 Å². The molecule has 1 heterocycles. The van der Waals surface area contributed by atoms with Crippen LogP contribution in [0.15, 0.2) is 24.3 Å². The molecule has 1 aromatic carbocycles. The third-order valence-electron chi connectivity index (χ3n) is 4.23. The molecule has 0 spiro atoms. The second-order valence-corrected chi connectivity index (χ2v) is 6.23. The summed E-state index contributed by atoms with van der Waals surface area (Å²) in [6.45, 7) is 2.75. The van der Waals surface area contributed by atoms with E-state index in [0.29, 0.717) is 25.4 Å². The molecule has 0 aromatic heterocycles. The molecule has 112 valence electrons. The standard InChI is InChI=1S/C17H22N2O2/c1-12-3-2-4-13(9-12)5-8-16(20)18-14-10-17(21)19(11-14)15-6-7-15/h2-4,9,14-15H,5-8,10-11H2,1H3,(H,18,20). The van der Waals surface area contributed by atoms with Gasteiger partial charge < -0.3 is 10.2 Å². The fourth-order valence-corrected chi connectivity index (χ4v) is 2.99. The van der Waals surface area contributed by atoms with E-state index in [0.717, 1.165) is 19.3 Å². The third kappa shape index (κ3) is 3.63. The Morgan fingerprint density at radius 1 is 1.38 bits per heavy atom.